The van der Waals surface area contributed by atoms with Crippen molar-refractivity contribution in [2.75, 3.05) is 6.26 Å². The molecule has 1 fully saturated rings. The van der Waals surface area contributed by atoms with Gasteiger partial charge < -0.3 is 10.4 Å². The maximum Gasteiger partial charge on any atom is 0.272 e. The molecule has 2 aromatic rings. The van der Waals surface area contributed by atoms with Crippen molar-refractivity contribution >= 4 is 23.2 Å². The molecule has 0 aromatic carbocycles. The van der Waals surface area contributed by atoms with Crippen LogP contribution < -0.4 is 5.32 Å². The van der Waals surface area contributed by atoms with Crippen LogP contribution in [-0.4, -0.2) is 38.8 Å². The van der Waals surface area contributed by atoms with Crippen LogP contribution in [0.1, 0.15) is 36.2 Å². The van der Waals surface area contributed by atoms with E-state index >= 15 is 0 Å². The maximum absolute atomic E-state index is 12.5. The normalized spacial score (nSPS) is 22.4. The van der Waals surface area contributed by atoms with Gasteiger partial charge in [-0.2, -0.15) is 0 Å². The molecule has 3 rings (SSSR count). The van der Waals surface area contributed by atoms with Crippen molar-refractivity contribution in [3.8, 4) is 0 Å². The minimum absolute atomic E-state index is 0.125. The van der Waals surface area contributed by atoms with E-state index in [1.165, 1.54) is 11.8 Å². The van der Waals surface area contributed by atoms with E-state index in [9.17, 15) is 9.90 Å². The minimum atomic E-state index is -0.213. The first-order chi connectivity index (χ1) is 10.2. The van der Waals surface area contributed by atoms with Crippen LogP contribution in [0.2, 0.25) is 0 Å². The van der Waals surface area contributed by atoms with Gasteiger partial charge in [-0.05, 0) is 44.1 Å². The van der Waals surface area contributed by atoms with Gasteiger partial charge in [0.1, 0.15) is 0 Å². The number of thioether (sulfide) groups is 1. The van der Waals surface area contributed by atoms with E-state index in [-0.39, 0.29) is 18.1 Å². The van der Waals surface area contributed by atoms with Crippen molar-refractivity contribution in [2.24, 2.45) is 0 Å². The number of hydrogen-bond donors (Lipinski definition) is 2. The first-order valence-electron chi connectivity index (χ1n) is 7.19. The molecular formula is C15H19N3O2S. The van der Waals surface area contributed by atoms with Gasteiger partial charge in [-0.3, -0.25) is 9.20 Å². The second-order valence-corrected chi connectivity index (χ2v) is 6.16. The summed E-state index contributed by atoms with van der Waals surface area (Å²) in [4.78, 5) is 16.9. The number of hydrogen-bond acceptors (Lipinski definition) is 4. The highest BCUT2D eigenvalue weighted by Crippen LogP contribution is 2.22. The first-order valence-corrected chi connectivity index (χ1v) is 8.41. The first kappa shape index (κ1) is 14.4. The Morgan fingerprint density at radius 3 is 2.86 bits per heavy atom. The standard InChI is InChI=1S/C15H19N3O2S/c1-21-15-17-13(12-4-2-3-9-18(12)15)14(20)16-10-5-7-11(19)8-6-10/h2-4,9-11,19H,5-8H2,1H3,(H,16,20). The van der Waals surface area contributed by atoms with Gasteiger partial charge in [0.15, 0.2) is 10.9 Å². The molecule has 5 nitrogen and oxygen atoms in total. The van der Waals surface area contributed by atoms with Crippen LogP contribution in [0.3, 0.4) is 0 Å². The van der Waals surface area contributed by atoms with Crippen LogP contribution >= 0.6 is 11.8 Å². The number of nitrogens with one attached hydrogen (secondary N) is 1. The quantitative estimate of drug-likeness (QED) is 0.852. The summed E-state index contributed by atoms with van der Waals surface area (Å²) in [6.45, 7) is 0. The number of nitrogens with zero attached hydrogens (tertiary/aromatic N) is 2. The van der Waals surface area contributed by atoms with Gasteiger partial charge in [-0.25, -0.2) is 4.98 Å². The number of rotatable bonds is 3. The topological polar surface area (TPSA) is 66.6 Å². The average Bonchev–Trinajstić information content (AvgIpc) is 2.88. The Balaban J connectivity index is 1.81. The summed E-state index contributed by atoms with van der Waals surface area (Å²) in [5.74, 6) is -0.125. The van der Waals surface area contributed by atoms with Crippen molar-refractivity contribution in [1.82, 2.24) is 14.7 Å². The number of aromatic nitrogens is 2. The van der Waals surface area contributed by atoms with Gasteiger partial charge in [-0.15, -0.1) is 0 Å². The zero-order chi connectivity index (χ0) is 14.8. The fraction of sp³-hybridized carbons (Fsp3) is 0.467. The van der Waals surface area contributed by atoms with Gasteiger partial charge in [0.2, 0.25) is 0 Å². The van der Waals surface area contributed by atoms with Crippen molar-refractivity contribution in [3.63, 3.8) is 0 Å². The van der Waals surface area contributed by atoms with E-state index < -0.39 is 0 Å². The Morgan fingerprint density at radius 2 is 2.14 bits per heavy atom. The fourth-order valence-electron chi connectivity index (χ4n) is 2.79. The number of carbonyl (C=O) groups is 1. The molecule has 1 aliphatic carbocycles. The summed E-state index contributed by atoms with van der Waals surface area (Å²) in [5.41, 5.74) is 1.31. The molecule has 21 heavy (non-hydrogen) atoms. The second kappa shape index (κ2) is 6.07. The molecule has 0 atom stereocenters. The molecule has 6 heteroatoms. The summed E-state index contributed by atoms with van der Waals surface area (Å²) >= 11 is 1.52. The predicted molar refractivity (Wildman–Crippen MR) is 82.7 cm³/mol. The van der Waals surface area contributed by atoms with Crippen molar-refractivity contribution in [3.05, 3.63) is 30.1 Å². The van der Waals surface area contributed by atoms with Gasteiger partial charge in [-0.1, -0.05) is 17.8 Å². The van der Waals surface area contributed by atoms with Crippen molar-refractivity contribution in [2.45, 2.75) is 43.0 Å². The summed E-state index contributed by atoms with van der Waals surface area (Å²) in [5, 5.41) is 13.4. The third kappa shape index (κ3) is 2.91. The maximum atomic E-state index is 12.5. The van der Waals surface area contributed by atoms with E-state index in [0.717, 1.165) is 36.4 Å². The highest BCUT2D eigenvalue weighted by Gasteiger charge is 2.23. The lowest BCUT2D eigenvalue weighted by Gasteiger charge is -2.25. The number of pyridine rings is 1. The SMILES string of the molecule is CSc1nc(C(=O)NC2CCC(O)CC2)c2ccccn12. The van der Waals surface area contributed by atoms with Crippen LogP contribution in [0.4, 0.5) is 0 Å². The zero-order valence-corrected chi connectivity index (χ0v) is 12.8. The number of amides is 1. The molecule has 2 heterocycles. The van der Waals surface area contributed by atoms with E-state index in [2.05, 4.69) is 10.3 Å². The Kier molecular flexibility index (Phi) is 4.17. The zero-order valence-electron chi connectivity index (χ0n) is 12.0. The molecule has 0 spiro atoms. The molecule has 1 amide bonds. The molecule has 1 aliphatic rings. The second-order valence-electron chi connectivity index (χ2n) is 5.38. The summed E-state index contributed by atoms with van der Waals surface area (Å²) in [7, 11) is 0. The van der Waals surface area contributed by atoms with Gasteiger partial charge in [0, 0.05) is 12.2 Å². The van der Waals surface area contributed by atoms with Crippen LogP contribution in [0, 0.1) is 0 Å². The smallest absolute Gasteiger partial charge is 0.272 e. The Morgan fingerprint density at radius 1 is 1.38 bits per heavy atom. The summed E-state index contributed by atoms with van der Waals surface area (Å²) in [6.07, 6.45) is 6.82. The van der Waals surface area contributed by atoms with Gasteiger partial charge in [0.05, 0.1) is 11.6 Å². The number of imidazole rings is 1. The highest BCUT2D eigenvalue weighted by atomic mass is 32.2. The number of aliphatic hydroxyl groups excluding tert-OH is 1. The molecule has 112 valence electrons. The minimum Gasteiger partial charge on any atom is -0.393 e. The fourth-order valence-corrected chi connectivity index (χ4v) is 3.33. The van der Waals surface area contributed by atoms with Gasteiger partial charge in [0.25, 0.3) is 5.91 Å². The Bertz CT molecular complexity index is 647. The molecular weight excluding hydrogens is 286 g/mol. The molecule has 0 saturated heterocycles. The van der Waals surface area contributed by atoms with Gasteiger partial charge >= 0.3 is 0 Å². The lowest BCUT2D eigenvalue weighted by atomic mass is 9.93. The molecule has 0 radical (unpaired) electrons. The Hall–Kier alpha value is -1.53. The van der Waals surface area contributed by atoms with Crippen LogP contribution in [0.25, 0.3) is 5.52 Å². The van der Waals surface area contributed by atoms with Crippen LogP contribution in [0.5, 0.6) is 0 Å². The van der Waals surface area contributed by atoms with Crippen LogP contribution in [0.15, 0.2) is 29.6 Å². The summed E-state index contributed by atoms with van der Waals surface area (Å²) in [6, 6.07) is 5.89. The average molecular weight is 305 g/mol. The number of carbonyl (C=O) groups excluding carboxylic acids is 1. The summed E-state index contributed by atoms with van der Waals surface area (Å²) < 4.78 is 1.93. The van der Waals surface area contributed by atoms with Crippen LogP contribution in [-0.2, 0) is 0 Å². The molecule has 0 unspecified atom stereocenters. The molecule has 2 aromatic heterocycles. The third-order valence-corrected chi connectivity index (χ3v) is 4.60. The number of aliphatic hydroxyl groups is 1. The number of fused-ring (bicyclic) bond motifs is 1. The molecule has 0 bridgehead atoms. The molecule has 2 N–H and O–H groups in total. The predicted octanol–water partition coefficient (Wildman–Crippen LogP) is 2.09. The molecule has 1 saturated carbocycles. The third-order valence-electron chi connectivity index (χ3n) is 3.95. The lowest BCUT2D eigenvalue weighted by molar-refractivity contribution is 0.0865. The largest absolute Gasteiger partial charge is 0.393 e. The van der Waals surface area contributed by atoms with E-state index in [1.807, 2.05) is 35.1 Å². The lowest BCUT2D eigenvalue weighted by Crippen LogP contribution is -2.38. The van der Waals surface area contributed by atoms with E-state index in [1.54, 1.807) is 0 Å². The van der Waals surface area contributed by atoms with E-state index in [0.29, 0.717) is 5.69 Å². The van der Waals surface area contributed by atoms with Crippen molar-refractivity contribution < 1.29 is 9.90 Å². The molecule has 0 aliphatic heterocycles. The highest BCUT2D eigenvalue weighted by molar-refractivity contribution is 7.98. The van der Waals surface area contributed by atoms with Crippen molar-refractivity contribution in [1.29, 1.82) is 0 Å². The monoisotopic (exact) mass is 305 g/mol. The Labute approximate surface area is 127 Å². The van der Waals surface area contributed by atoms with E-state index in [4.69, 9.17) is 0 Å².